The molecule has 0 saturated carbocycles. The number of carbonyl (C=O) groups is 2. The van der Waals surface area contributed by atoms with Crippen LogP contribution in [0.3, 0.4) is 0 Å². The third-order valence-corrected chi connectivity index (χ3v) is 5.81. The monoisotopic (exact) mass is 385 g/mol. The molecule has 3 heterocycles. The molecule has 0 radical (unpaired) electrons. The number of imide groups is 1. The summed E-state index contributed by atoms with van der Waals surface area (Å²) in [6.07, 6.45) is 5.98. The van der Waals surface area contributed by atoms with Crippen molar-refractivity contribution in [3.8, 4) is 0 Å². The largest absolute Gasteiger partial charge is 0.325 e. The number of H-pyrrole nitrogens is 1. The summed E-state index contributed by atoms with van der Waals surface area (Å²) in [7, 11) is 0. The Labute approximate surface area is 162 Å². The number of amides is 3. The van der Waals surface area contributed by atoms with Crippen LogP contribution in [-0.2, 0) is 17.6 Å². The minimum Gasteiger partial charge on any atom is -0.322 e. The number of aromatic nitrogens is 2. The molecule has 148 valence electrons. The zero-order valence-electron chi connectivity index (χ0n) is 15.6. The molecule has 1 aromatic heterocycles. The fourth-order valence-corrected chi connectivity index (χ4v) is 4.28. The highest BCUT2D eigenvalue weighted by molar-refractivity contribution is 6.07. The van der Waals surface area contributed by atoms with Crippen molar-refractivity contribution < 1.29 is 14.0 Å². The van der Waals surface area contributed by atoms with E-state index < -0.39 is 5.54 Å². The number of urea groups is 1. The summed E-state index contributed by atoms with van der Waals surface area (Å²) in [5, 5.41) is 13.0. The number of nitrogens with one attached hydrogen (secondary N) is 3. The van der Waals surface area contributed by atoms with Crippen LogP contribution >= 0.6 is 0 Å². The third kappa shape index (κ3) is 3.52. The molecular formula is C20H24FN5O2. The Morgan fingerprint density at radius 1 is 1.14 bits per heavy atom. The van der Waals surface area contributed by atoms with Gasteiger partial charge in [0, 0.05) is 19.2 Å². The van der Waals surface area contributed by atoms with Gasteiger partial charge in [-0.3, -0.25) is 14.8 Å². The molecule has 8 heteroatoms. The predicted octanol–water partition coefficient (Wildman–Crippen LogP) is 1.62. The van der Waals surface area contributed by atoms with Crippen LogP contribution in [0.15, 0.2) is 36.7 Å². The quantitative estimate of drug-likeness (QED) is 0.659. The van der Waals surface area contributed by atoms with E-state index in [1.54, 1.807) is 24.5 Å². The van der Waals surface area contributed by atoms with E-state index in [0.717, 1.165) is 37.1 Å². The molecule has 3 N–H and O–H groups in total. The first-order chi connectivity index (χ1) is 13.6. The van der Waals surface area contributed by atoms with E-state index in [1.165, 1.54) is 17.0 Å². The van der Waals surface area contributed by atoms with E-state index in [0.29, 0.717) is 19.4 Å². The van der Waals surface area contributed by atoms with Gasteiger partial charge in [0.25, 0.3) is 5.91 Å². The number of benzene rings is 1. The molecule has 2 aromatic rings. The summed E-state index contributed by atoms with van der Waals surface area (Å²) in [5.74, 6) is -0.463. The Hall–Kier alpha value is -2.74. The molecule has 1 atom stereocenters. The van der Waals surface area contributed by atoms with Crippen LogP contribution in [0.4, 0.5) is 9.18 Å². The first-order valence-corrected chi connectivity index (χ1v) is 9.65. The van der Waals surface area contributed by atoms with Crippen LogP contribution in [0.25, 0.3) is 0 Å². The van der Waals surface area contributed by atoms with Gasteiger partial charge in [0.2, 0.25) is 0 Å². The number of hydrogen-bond donors (Lipinski definition) is 3. The van der Waals surface area contributed by atoms with E-state index in [-0.39, 0.29) is 23.7 Å². The van der Waals surface area contributed by atoms with Crippen molar-refractivity contribution in [3.63, 3.8) is 0 Å². The maximum Gasteiger partial charge on any atom is 0.325 e. The Kier molecular flexibility index (Phi) is 5.13. The Morgan fingerprint density at radius 2 is 1.89 bits per heavy atom. The molecular weight excluding hydrogens is 361 g/mol. The molecule has 4 rings (SSSR count). The molecule has 2 aliphatic rings. The minimum atomic E-state index is -0.979. The van der Waals surface area contributed by atoms with Crippen molar-refractivity contribution in [1.82, 2.24) is 25.7 Å². The Morgan fingerprint density at radius 3 is 2.57 bits per heavy atom. The Bertz CT molecular complexity index is 833. The minimum absolute atomic E-state index is 0.0363. The fourth-order valence-electron chi connectivity index (χ4n) is 4.28. The lowest BCUT2D eigenvalue weighted by Crippen LogP contribution is -2.57. The summed E-state index contributed by atoms with van der Waals surface area (Å²) in [4.78, 5) is 27.6. The summed E-state index contributed by atoms with van der Waals surface area (Å²) < 4.78 is 13.3. The lowest BCUT2D eigenvalue weighted by atomic mass is 9.74. The smallest absolute Gasteiger partial charge is 0.322 e. The van der Waals surface area contributed by atoms with Gasteiger partial charge in [-0.05, 0) is 61.5 Å². The van der Waals surface area contributed by atoms with Gasteiger partial charge in [0.05, 0.1) is 6.20 Å². The second-order valence-corrected chi connectivity index (χ2v) is 7.54. The number of halogens is 1. The normalized spacial score (nSPS) is 23.2. The Balaban J connectivity index is 1.59. The molecule has 2 fully saturated rings. The van der Waals surface area contributed by atoms with Crippen LogP contribution in [0, 0.1) is 11.7 Å². The van der Waals surface area contributed by atoms with Crippen molar-refractivity contribution in [2.45, 2.75) is 31.2 Å². The highest BCUT2D eigenvalue weighted by atomic mass is 19.1. The molecule has 0 aliphatic carbocycles. The average molecular weight is 385 g/mol. The number of rotatable bonds is 6. The van der Waals surface area contributed by atoms with E-state index in [1.807, 2.05) is 0 Å². The first kappa shape index (κ1) is 18.6. The number of piperidine rings is 1. The summed E-state index contributed by atoms with van der Waals surface area (Å²) in [5.41, 5.74) is 0.803. The van der Waals surface area contributed by atoms with E-state index >= 15 is 0 Å². The van der Waals surface area contributed by atoms with Gasteiger partial charge in [-0.1, -0.05) is 12.1 Å². The lowest BCUT2D eigenvalue weighted by molar-refractivity contribution is -0.133. The van der Waals surface area contributed by atoms with Gasteiger partial charge in [0.1, 0.15) is 11.4 Å². The zero-order valence-corrected chi connectivity index (χ0v) is 15.6. The predicted molar refractivity (Wildman–Crippen MR) is 101 cm³/mol. The van der Waals surface area contributed by atoms with Gasteiger partial charge < -0.3 is 10.6 Å². The molecule has 7 nitrogen and oxygen atoms in total. The number of hydrogen-bond acceptors (Lipinski definition) is 4. The molecule has 0 unspecified atom stereocenters. The molecule has 2 saturated heterocycles. The van der Waals surface area contributed by atoms with Gasteiger partial charge in [-0.15, -0.1) is 0 Å². The lowest BCUT2D eigenvalue weighted by Gasteiger charge is -2.38. The van der Waals surface area contributed by atoms with E-state index in [2.05, 4.69) is 20.8 Å². The van der Waals surface area contributed by atoms with Crippen molar-refractivity contribution in [3.05, 3.63) is 53.6 Å². The SMILES string of the molecule is O=C1N[C@@](Cc2ccc(F)cc2)(C2CCNCC2)C(=O)N1CCc1cn[nH]c1. The maximum atomic E-state index is 13.5. The average Bonchev–Trinajstić information content (AvgIpc) is 3.30. The second-order valence-electron chi connectivity index (χ2n) is 7.54. The highest BCUT2D eigenvalue weighted by Crippen LogP contribution is 2.35. The fraction of sp³-hybridized carbons (Fsp3) is 0.450. The maximum absolute atomic E-state index is 13.5. The molecule has 28 heavy (non-hydrogen) atoms. The number of carbonyl (C=O) groups excluding carboxylic acids is 2. The van der Waals surface area contributed by atoms with Gasteiger partial charge in [-0.25, -0.2) is 9.18 Å². The first-order valence-electron chi connectivity index (χ1n) is 9.65. The second kappa shape index (κ2) is 7.71. The standard InChI is InChI=1S/C20H24FN5O2/c21-17-3-1-14(2-4-17)11-20(16-5-8-22-9-6-16)18(27)26(19(28)25-20)10-7-15-12-23-24-13-15/h1-4,12-13,16,22H,5-11H2,(H,23,24)(H,25,28)/t20-/m0/s1. The molecule has 3 amide bonds. The van der Waals surface area contributed by atoms with Crippen molar-refractivity contribution >= 4 is 11.9 Å². The number of nitrogens with zero attached hydrogens (tertiary/aromatic N) is 2. The van der Waals surface area contributed by atoms with Crippen molar-refractivity contribution in [2.24, 2.45) is 5.92 Å². The number of aromatic amines is 1. The van der Waals surface area contributed by atoms with Crippen LogP contribution < -0.4 is 10.6 Å². The summed E-state index contributed by atoms with van der Waals surface area (Å²) in [6, 6.07) is 5.80. The van der Waals surface area contributed by atoms with E-state index in [9.17, 15) is 14.0 Å². The van der Waals surface area contributed by atoms with Gasteiger partial charge >= 0.3 is 6.03 Å². The van der Waals surface area contributed by atoms with Gasteiger partial charge in [-0.2, -0.15) is 5.10 Å². The molecule has 0 spiro atoms. The van der Waals surface area contributed by atoms with Crippen molar-refractivity contribution in [1.29, 1.82) is 0 Å². The molecule has 1 aromatic carbocycles. The van der Waals surface area contributed by atoms with E-state index in [4.69, 9.17) is 0 Å². The summed E-state index contributed by atoms with van der Waals surface area (Å²) >= 11 is 0. The highest BCUT2D eigenvalue weighted by Gasteiger charge is 2.55. The molecule has 0 bridgehead atoms. The van der Waals surface area contributed by atoms with Crippen LogP contribution in [0.5, 0.6) is 0 Å². The van der Waals surface area contributed by atoms with Crippen molar-refractivity contribution in [2.75, 3.05) is 19.6 Å². The van der Waals surface area contributed by atoms with Crippen LogP contribution in [-0.4, -0.2) is 52.2 Å². The van der Waals surface area contributed by atoms with Crippen LogP contribution in [0.2, 0.25) is 0 Å². The zero-order chi connectivity index (χ0) is 19.6. The summed E-state index contributed by atoms with van der Waals surface area (Å²) in [6.45, 7) is 1.93. The molecule has 2 aliphatic heterocycles. The third-order valence-electron chi connectivity index (χ3n) is 5.81. The van der Waals surface area contributed by atoms with Crippen LogP contribution in [0.1, 0.15) is 24.0 Å². The topological polar surface area (TPSA) is 90.1 Å². The van der Waals surface area contributed by atoms with Gasteiger partial charge in [0.15, 0.2) is 0 Å².